The van der Waals surface area contributed by atoms with Gasteiger partial charge in [-0.25, -0.2) is 4.57 Å². The van der Waals surface area contributed by atoms with E-state index >= 15 is 0 Å². The number of nitrogens with zero attached hydrogens (tertiary/aromatic N) is 1. The molecule has 0 saturated carbocycles. The molecule has 0 amide bonds. The number of hydrogen-bond donors (Lipinski definition) is 6. The molecule has 6 rings (SSSR count). The third kappa shape index (κ3) is 7.01. The third-order valence-corrected chi connectivity index (χ3v) is 10.3. The van der Waals surface area contributed by atoms with Crippen molar-refractivity contribution in [2.24, 2.45) is 7.05 Å². The Hall–Kier alpha value is -5.21. The number of phenolic OH excluding ortho intramolecular Hbond substituents is 4. The molecule has 0 atom stereocenters. The predicted octanol–water partition coefficient (Wildman–Crippen LogP) is 4.67. The van der Waals surface area contributed by atoms with Gasteiger partial charge in [-0.1, -0.05) is 18.2 Å². The molecule has 5 aromatic rings. The van der Waals surface area contributed by atoms with E-state index < -0.39 is 47.9 Å². The van der Waals surface area contributed by atoms with Crippen LogP contribution in [-0.4, -0.2) is 46.4 Å². The summed E-state index contributed by atoms with van der Waals surface area (Å²) in [7, 11) is -7.73. The highest BCUT2D eigenvalue weighted by atomic mass is 32.2. The van der Waals surface area contributed by atoms with Crippen molar-refractivity contribution in [3.05, 3.63) is 135 Å². The number of aryl methyl sites for hydroxylation is 1. The number of aromatic hydroxyl groups is 4. The van der Waals surface area contributed by atoms with Crippen LogP contribution in [0, 0.1) is 0 Å². The highest BCUT2D eigenvalue weighted by Crippen LogP contribution is 2.39. The summed E-state index contributed by atoms with van der Waals surface area (Å²) < 4.78 is 71.1. The van der Waals surface area contributed by atoms with Crippen molar-refractivity contribution < 1.29 is 50.9 Å². The number of hydrogen-bond acceptors (Lipinski definition) is 8. The molecule has 0 unspecified atom stereocenters. The Bertz CT molecular complexity index is 2400. The van der Waals surface area contributed by atoms with Crippen LogP contribution in [0.5, 0.6) is 23.0 Å². The van der Waals surface area contributed by atoms with Crippen LogP contribution in [0.2, 0.25) is 0 Å². The average molecular weight is 703 g/mol. The van der Waals surface area contributed by atoms with Crippen molar-refractivity contribution in [2.75, 3.05) is 0 Å². The Balaban J connectivity index is 1.62. The summed E-state index contributed by atoms with van der Waals surface area (Å²) in [5, 5.41) is 45.7. The normalized spacial score (nSPS) is 13.4. The SMILES string of the molecule is C[n+]1ccccc1/C=C/c1cc2c(O)c(c1)Cc1cc(S(=O)(=O)O)cc(c1O)Cc1cc(S(=O)(=O)O)cc(c1O)Cc1cccc(c1O)C2. The van der Waals surface area contributed by atoms with E-state index in [0.29, 0.717) is 27.8 Å². The van der Waals surface area contributed by atoms with Crippen molar-refractivity contribution in [1.29, 1.82) is 0 Å². The number of para-hydroxylation sites is 1. The van der Waals surface area contributed by atoms with Crippen LogP contribution in [0.4, 0.5) is 0 Å². The maximum Gasteiger partial charge on any atom is 0.294 e. The van der Waals surface area contributed by atoms with Crippen LogP contribution in [0.3, 0.4) is 0 Å². The van der Waals surface area contributed by atoms with Gasteiger partial charge < -0.3 is 20.4 Å². The van der Waals surface area contributed by atoms with E-state index in [1.54, 1.807) is 30.3 Å². The van der Waals surface area contributed by atoms with Gasteiger partial charge in [0.1, 0.15) is 30.0 Å². The first kappa shape index (κ1) is 33.7. The molecular formula is C36H32NO10S2+. The smallest absolute Gasteiger partial charge is 0.294 e. The van der Waals surface area contributed by atoms with Crippen LogP contribution < -0.4 is 4.57 Å². The average Bonchev–Trinajstić information content (AvgIpc) is 3.02. The molecule has 1 aromatic heterocycles. The maximum atomic E-state index is 12.4. The van der Waals surface area contributed by atoms with Gasteiger partial charge in [0.15, 0.2) is 6.20 Å². The molecule has 8 bridgehead atoms. The number of rotatable bonds is 4. The number of pyridine rings is 1. The minimum absolute atomic E-state index is 0.00421. The van der Waals surface area contributed by atoms with Gasteiger partial charge in [0, 0.05) is 66.1 Å². The first-order chi connectivity index (χ1) is 23.1. The molecule has 11 nitrogen and oxygen atoms in total. The second-order valence-corrected chi connectivity index (χ2v) is 14.9. The minimum Gasteiger partial charge on any atom is -0.507 e. The molecule has 49 heavy (non-hydrogen) atoms. The monoisotopic (exact) mass is 702 g/mol. The number of fused-ring (bicyclic) bond motifs is 8. The fourth-order valence-electron chi connectivity index (χ4n) is 6.09. The van der Waals surface area contributed by atoms with Crippen molar-refractivity contribution in [1.82, 2.24) is 0 Å². The zero-order valence-electron chi connectivity index (χ0n) is 26.1. The molecule has 6 N–H and O–H groups in total. The van der Waals surface area contributed by atoms with E-state index in [2.05, 4.69) is 0 Å². The molecule has 252 valence electrons. The standard InChI is InChI=1S/C36H31NO10S2/c1-37-10-3-2-7-30(37)9-8-21-11-24-13-22-5-4-6-23(33(22)38)14-26-17-31(48(42,43)44)19-28(35(26)40)16-29-20-32(49(45,46)47)18-27(36(29)41)15-25(12-21)34(24)39/h2-12,17-20H,13-16H2,1H3,(H5,38,40,41,42,43,44,45,46,47)/p+1. The van der Waals surface area contributed by atoms with Crippen LogP contribution in [0.1, 0.15) is 55.8 Å². The van der Waals surface area contributed by atoms with Crippen molar-refractivity contribution >= 4 is 32.4 Å². The fraction of sp³-hybridized carbons (Fsp3) is 0.139. The zero-order chi connectivity index (χ0) is 35.2. The molecule has 0 aliphatic heterocycles. The lowest BCUT2D eigenvalue weighted by atomic mass is 9.90. The quantitative estimate of drug-likeness (QED) is 0.111. The Kier molecular flexibility index (Phi) is 8.71. The summed E-state index contributed by atoms with van der Waals surface area (Å²) in [6, 6.07) is 18.1. The summed E-state index contributed by atoms with van der Waals surface area (Å²) in [4.78, 5) is -1.14. The maximum absolute atomic E-state index is 12.4. The van der Waals surface area contributed by atoms with Crippen LogP contribution in [0.25, 0.3) is 12.2 Å². The molecule has 4 aromatic carbocycles. The lowest BCUT2D eigenvalue weighted by Crippen LogP contribution is -2.30. The van der Waals surface area contributed by atoms with Gasteiger partial charge >= 0.3 is 0 Å². The Morgan fingerprint density at radius 1 is 0.531 bits per heavy atom. The van der Waals surface area contributed by atoms with Crippen LogP contribution in [-0.2, 0) is 53.0 Å². The fourth-order valence-corrected chi connectivity index (χ4v) is 7.25. The molecule has 0 radical (unpaired) electrons. The first-order valence-electron chi connectivity index (χ1n) is 15.0. The Labute approximate surface area is 282 Å². The van der Waals surface area contributed by atoms with E-state index in [-0.39, 0.29) is 53.0 Å². The van der Waals surface area contributed by atoms with Gasteiger partial charge in [-0.3, -0.25) is 9.11 Å². The lowest BCUT2D eigenvalue weighted by Gasteiger charge is -2.18. The predicted molar refractivity (Wildman–Crippen MR) is 180 cm³/mol. The summed E-state index contributed by atoms with van der Waals surface area (Å²) >= 11 is 0. The molecule has 0 spiro atoms. The Morgan fingerprint density at radius 2 is 0.918 bits per heavy atom. The van der Waals surface area contributed by atoms with Crippen LogP contribution in [0.15, 0.2) is 88.8 Å². The number of aromatic nitrogens is 1. The van der Waals surface area contributed by atoms with E-state index in [1.165, 1.54) is 0 Å². The van der Waals surface area contributed by atoms with Gasteiger partial charge in [-0.15, -0.1) is 0 Å². The van der Waals surface area contributed by atoms with E-state index in [4.69, 9.17) is 0 Å². The first-order valence-corrected chi connectivity index (χ1v) is 17.9. The summed E-state index contributed by atoms with van der Waals surface area (Å²) in [6.07, 6.45) is 4.81. The highest BCUT2D eigenvalue weighted by molar-refractivity contribution is 7.86. The minimum atomic E-state index is -4.82. The summed E-state index contributed by atoms with van der Waals surface area (Å²) in [5.74, 6) is -1.13. The zero-order valence-corrected chi connectivity index (χ0v) is 27.7. The molecule has 1 aliphatic rings. The summed E-state index contributed by atoms with van der Waals surface area (Å²) in [5.41, 5.74) is 2.79. The van der Waals surface area contributed by atoms with Gasteiger partial charge in [0.05, 0.1) is 9.79 Å². The second kappa shape index (κ2) is 12.7. The highest BCUT2D eigenvalue weighted by Gasteiger charge is 2.24. The van der Waals surface area contributed by atoms with Crippen molar-refractivity contribution in [3.63, 3.8) is 0 Å². The summed E-state index contributed by atoms with van der Waals surface area (Å²) in [6.45, 7) is 0. The lowest BCUT2D eigenvalue weighted by molar-refractivity contribution is -0.673. The van der Waals surface area contributed by atoms with E-state index in [0.717, 1.165) is 30.0 Å². The Morgan fingerprint density at radius 3 is 1.33 bits per heavy atom. The molecule has 1 aliphatic carbocycles. The van der Waals surface area contributed by atoms with Gasteiger partial charge in [0.2, 0.25) is 5.69 Å². The number of benzene rings is 4. The second-order valence-electron chi connectivity index (χ2n) is 12.0. The molecule has 13 heteroatoms. The topological polar surface area (TPSA) is 194 Å². The van der Waals surface area contributed by atoms with E-state index in [9.17, 15) is 46.4 Å². The molecular weight excluding hydrogens is 671 g/mol. The van der Waals surface area contributed by atoms with Gasteiger partial charge in [0.25, 0.3) is 20.2 Å². The molecule has 0 fully saturated rings. The van der Waals surface area contributed by atoms with E-state index in [1.807, 2.05) is 48.2 Å². The number of phenols is 4. The molecule has 1 heterocycles. The third-order valence-electron chi connectivity index (χ3n) is 8.64. The van der Waals surface area contributed by atoms with Crippen LogP contribution >= 0.6 is 0 Å². The molecule has 0 saturated heterocycles. The van der Waals surface area contributed by atoms with Gasteiger partial charge in [-0.2, -0.15) is 16.8 Å². The van der Waals surface area contributed by atoms with Crippen molar-refractivity contribution in [3.8, 4) is 23.0 Å². The van der Waals surface area contributed by atoms with Gasteiger partial charge in [-0.05, 0) is 76.4 Å². The largest absolute Gasteiger partial charge is 0.507 e. The van der Waals surface area contributed by atoms with Crippen molar-refractivity contribution in [2.45, 2.75) is 35.5 Å².